The van der Waals surface area contributed by atoms with Gasteiger partial charge < -0.3 is 15.5 Å². The first-order valence-electron chi connectivity index (χ1n) is 10.9. The number of nitrogens with zero attached hydrogens (tertiary/aromatic N) is 1. The standard InChI is InChI=1S/C26H24ClN3O3S/c1-17-8-10-18(11-9-17)28-24(31)16-34-23-6-3-2-5-20(23)26(33)29-22-15-19(12-13-21(22)27)30-14-4-7-25(30)32/h2-3,5-6,8-13,15H,4,7,14,16H2,1H3,(H,28,31)(H,29,33). The van der Waals surface area contributed by atoms with Crippen LogP contribution in [0.15, 0.2) is 71.6 Å². The van der Waals surface area contributed by atoms with E-state index in [9.17, 15) is 14.4 Å². The number of aryl methyl sites for hydroxylation is 1. The third-order valence-corrected chi connectivity index (χ3v) is 6.81. The van der Waals surface area contributed by atoms with E-state index in [-0.39, 0.29) is 23.5 Å². The lowest BCUT2D eigenvalue weighted by Crippen LogP contribution is -2.24. The minimum atomic E-state index is -0.339. The normalized spacial score (nSPS) is 13.1. The average molecular weight is 494 g/mol. The van der Waals surface area contributed by atoms with E-state index in [1.54, 1.807) is 41.3 Å². The van der Waals surface area contributed by atoms with Crippen molar-refractivity contribution in [3.63, 3.8) is 0 Å². The molecule has 6 nitrogen and oxygen atoms in total. The molecule has 8 heteroatoms. The molecule has 0 atom stereocenters. The van der Waals surface area contributed by atoms with Gasteiger partial charge in [0.2, 0.25) is 11.8 Å². The van der Waals surface area contributed by atoms with Crippen LogP contribution < -0.4 is 15.5 Å². The van der Waals surface area contributed by atoms with Gasteiger partial charge in [0.25, 0.3) is 5.91 Å². The summed E-state index contributed by atoms with van der Waals surface area (Å²) in [7, 11) is 0. The highest BCUT2D eigenvalue weighted by Crippen LogP contribution is 2.31. The quantitative estimate of drug-likeness (QED) is 0.410. The van der Waals surface area contributed by atoms with Crippen molar-refractivity contribution in [2.24, 2.45) is 0 Å². The summed E-state index contributed by atoms with van der Waals surface area (Å²) < 4.78 is 0. The number of carbonyl (C=O) groups excluding carboxylic acids is 3. The van der Waals surface area contributed by atoms with Crippen LogP contribution in [-0.4, -0.2) is 30.0 Å². The molecule has 4 rings (SSSR count). The first-order chi connectivity index (χ1) is 16.4. The number of hydrogen-bond acceptors (Lipinski definition) is 4. The molecule has 0 aliphatic carbocycles. The lowest BCUT2D eigenvalue weighted by molar-refractivity contribution is -0.117. The maximum Gasteiger partial charge on any atom is 0.256 e. The summed E-state index contributed by atoms with van der Waals surface area (Å²) in [6.45, 7) is 2.64. The van der Waals surface area contributed by atoms with Crippen LogP contribution >= 0.6 is 23.4 Å². The zero-order valence-electron chi connectivity index (χ0n) is 18.6. The smallest absolute Gasteiger partial charge is 0.256 e. The molecule has 1 aliphatic rings. The molecular weight excluding hydrogens is 470 g/mol. The van der Waals surface area contributed by atoms with Crippen LogP contribution in [-0.2, 0) is 9.59 Å². The molecule has 174 valence electrons. The SMILES string of the molecule is Cc1ccc(NC(=O)CSc2ccccc2C(=O)Nc2cc(N3CCCC3=O)ccc2Cl)cc1. The Morgan fingerprint density at radius 1 is 1.03 bits per heavy atom. The minimum absolute atomic E-state index is 0.0604. The van der Waals surface area contributed by atoms with E-state index in [2.05, 4.69) is 10.6 Å². The van der Waals surface area contributed by atoms with Gasteiger partial charge in [-0.1, -0.05) is 41.4 Å². The molecule has 3 aromatic carbocycles. The molecule has 1 fully saturated rings. The highest BCUT2D eigenvalue weighted by Gasteiger charge is 2.23. The van der Waals surface area contributed by atoms with Crippen LogP contribution in [0.25, 0.3) is 0 Å². The fourth-order valence-corrected chi connectivity index (χ4v) is 4.66. The first kappa shape index (κ1) is 23.9. The summed E-state index contributed by atoms with van der Waals surface area (Å²) in [4.78, 5) is 39.9. The summed E-state index contributed by atoms with van der Waals surface area (Å²) in [6.07, 6.45) is 1.33. The van der Waals surface area contributed by atoms with Gasteiger partial charge in [0.05, 0.1) is 22.0 Å². The van der Waals surface area contributed by atoms with Crippen molar-refractivity contribution in [1.29, 1.82) is 0 Å². The predicted octanol–water partition coefficient (Wildman–Crippen LogP) is 5.76. The van der Waals surface area contributed by atoms with Gasteiger partial charge in [-0.25, -0.2) is 0 Å². The molecule has 3 aromatic rings. The zero-order chi connectivity index (χ0) is 24.1. The van der Waals surface area contributed by atoms with E-state index in [1.807, 2.05) is 37.3 Å². The van der Waals surface area contributed by atoms with Crippen LogP contribution in [0.1, 0.15) is 28.8 Å². The second-order valence-electron chi connectivity index (χ2n) is 7.97. The van der Waals surface area contributed by atoms with Crippen molar-refractivity contribution in [2.45, 2.75) is 24.7 Å². The third-order valence-electron chi connectivity index (χ3n) is 5.41. The van der Waals surface area contributed by atoms with Crippen molar-refractivity contribution in [1.82, 2.24) is 0 Å². The van der Waals surface area contributed by atoms with Crippen LogP contribution in [0.3, 0.4) is 0 Å². The maximum atomic E-state index is 13.1. The fraction of sp³-hybridized carbons (Fsp3) is 0.192. The van der Waals surface area contributed by atoms with Gasteiger partial charge in [-0.15, -0.1) is 11.8 Å². The molecule has 0 saturated carbocycles. The van der Waals surface area contributed by atoms with Crippen LogP contribution in [0, 0.1) is 6.92 Å². The van der Waals surface area contributed by atoms with E-state index in [4.69, 9.17) is 11.6 Å². The number of amides is 3. The van der Waals surface area contributed by atoms with Crippen molar-refractivity contribution >= 4 is 58.1 Å². The summed E-state index contributed by atoms with van der Waals surface area (Å²) >= 11 is 7.61. The van der Waals surface area contributed by atoms with Gasteiger partial charge in [0.15, 0.2) is 0 Å². The molecule has 34 heavy (non-hydrogen) atoms. The third kappa shape index (κ3) is 5.79. The molecule has 1 heterocycles. The topological polar surface area (TPSA) is 78.5 Å². The minimum Gasteiger partial charge on any atom is -0.325 e. The lowest BCUT2D eigenvalue weighted by atomic mass is 10.2. The molecule has 0 bridgehead atoms. The molecule has 0 spiro atoms. The van der Waals surface area contributed by atoms with Gasteiger partial charge in [-0.2, -0.15) is 0 Å². The summed E-state index contributed by atoms with van der Waals surface area (Å²) in [5.41, 5.74) is 3.42. The number of carbonyl (C=O) groups is 3. The monoisotopic (exact) mass is 493 g/mol. The predicted molar refractivity (Wildman–Crippen MR) is 138 cm³/mol. The van der Waals surface area contributed by atoms with Gasteiger partial charge in [-0.05, 0) is 55.8 Å². The molecule has 1 saturated heterocycles. The van der Waals surface area contributed by atoms with Gasteiger partial charge in [0.1, 0.15) is 0 Å². The number of hydrogen-bond donors (Lipinski definition) is 2. The molecular formula is C26H24ClN3O3S. The Labute approximate surface area is 207 Å². The second kappa shape index (κ2) is 10.8. The van der Waals surface area contributed by atoms with Gasteiger partial charge in [-0.3, -0.25) is 14.4 Å². The number of anilines is 3. The zero-order valence-corrected chi connectivity index (χ0v) is 20.2. The maximum absolute atomic E-state index is 13.1. The van der Waals surface area contributed by atoms with Gasteiger partial charge in [0, 0.05) is 29.2 Å². The Balaban J connectivity index is 1.44. The van der Waals surface area contributed by atoms with E-state index in [0.717, 1.165) is 17.7 Å². The fourth-order valence-electron chi connectivity index (χ4n) is 3.65. The Morgan fingerprint density at radius 3 is 2.53 bits per heavy atom. The second-order valence-corrected chi connectivity index (χ2v) is 9.39. The molecule has 1 aliphatic heterocycles. The molecule has 3 amide bonds. The summed E-state index contributed by atoms with van der Waals surface area (Å²) in [5.74, 6) is -0.278. The van der Waals surface area contributed by atoms with Crippen molar-refractivity contribution in [3.8, 4) is 0 Å². The molecule has 0 unspecified atom stereocenters. The van der Waals surface area contributed by atoms with E-state index >= 15 is 0 Å². The summed E-state index contributed by atoms with van der Waals surface area (Å²) in [5, 5.41) is 6.10. The van der Waals surface area contributed by atoms with Crippen LogP contribution in [0.2, 0.25) is 5.02 Å². The molecule has 0 aromatic heterocycles. The largest absolute Gasteiger partial charge is 0.325 e. The Hall–Kier alpha value is -3.29. The number of thioether (sulfide) groups is 1. The molecule has 0 radical (unpaired) electrons. The number of nitrogens with one attached hydrogen (secondary N) is 2. The Morgan fingerprint density at radius 2 is 1.79 bits per heavy atom. The number of benzene rings is 3. The highest BCUT2D eigenvalue weighted by atomic mass is 35.5. The van der Waals surface area contributed by atoms with Crippen molar-refractivity contribution in [3.05, 3.63) is 82.9 Å². The van der Waals surface area contributed by atoms with E-state index < -0.39 is 0 Å². The lowest BCUT2D eigenvalue weighted by Gasteiger charge is -2.18. The van der Waals surface area contributed by atoms with E-state index in [1.165, 1.54) is 11.8 Å². The number of rotatable bonds is 7. The Kier molecular flexibility index (Phi) is 7.55. The number of halogens is 1. The van der Waals surface area contributed by atoms with Crippen LogP contribution in [0.5, 0.6) is 0 Å². The first-order valence-corrected chi connectivity index (χ1v) is 12.3. The van der Waals surface area contributed by atoms with E-state index in [0.29, 0.717) is 39.8 Å². The van der Waals surface area contributed by atoms with Crippen LogP contribution in [0.4, 0.5) is 17.1 Å². The molecule has 2 N–H and O–H groups in total. The van der Waals surface area contributed by atoms with Gasteiger partial charge >= 0.3 is 0 Å². The summed E-state index contributed by atoms with van der Waals surface area (Å²) in [6, 6.07) is 19.8. The average Bonchev–Trinajstić information content (AvgIpc) is 3.26. The Bertz CT molecular complexity index is 1230. The highest BCUT2D eigenvalue weighted by molar-refractivity contribution is 8.00. The van der Waals surface area contributed by atoms with Crippen molar-refractivity contribution in [2.75, 3.05) is 27.8 Å². The van der Waals surface area contributed by atoms with Crippen molar-refractivity contribution < 1.29 is 14.4 Å².